The molecular formula is C26H37N5O. The van der Waals surface area contributed by atoms with Crippen molar-refractivity contribution >= 4 is 23.2 Å². The number of aromatic hydroxyl groups is 1. The van der Waals surface area contributed by atoms with E-state index in [-0.39, 0.29) is 5.75 Å². The molecular weight excluding hydrogens is 398 g/mol. The van der Waals surface area contributed by atoms with E-state index in [0.717, 1.165) is 48.0 Å². The number of para-hydroxylation sites is 1. The molecule has 2 aromatic carbocycles. The quantitative estimate of drug-likeness (QED) is 0.149. The van der Waals surface area contributed by atoms with Crippen molar-refractivity contribution in [1.29, 1.82) is 0 Å². The Morgan fingerprint density at radius 2 is 1.53 bits per heavy atom. The molecule has 0 radical (unpaired) electrons. The minimum atomic E-state index is 0.222. The molecule has 6 nitrogen and oxygen atoms in total. The van der Waals surface area contributed by atoms with E-state index in [2.05, 4.69) is 41.7 Å². The van der Waals surface area contributed by atoms with Crippen LogP contribution in [0.15, 0.2) is 76.0 Å². The zero-order valence-corrected chi connectivity index (χ0v) is 19.8. The number of rotatable bonds is 10. The first kappa shape index (κ1) is 25.0. The van der Waals surface area contributed by atoms with E-state index < -0.39 is 0 Å². The topological polar surface area (TPSA) is 81.0 Å². The van der Waals surface area contributed by atoms with Crippen molar-refractivity contribution in [2.24, 2.45) is 9.98 Å². The van der Waals surface area contributed by atoms with Gasteiger partial charge in [0.1, 0.15) is 11.6 Å². The lowest BCUT2D eigenvalue weighted by atomic mass is 10.2. The summed E-state index contributed by atoms with van der Waals surface area (Å²) < 4.78 is 0. The van der Waals surface area contributed by atoms with Gasteiger partial charge in [-0.1, -0.05) is 51.3 Å². The summed E-state index contributed by atoms with van der Waals surface area (Å²) in [4.78, 5) is 9.53. The first-order valence-corrected chi connectivity index (χ1v) is 11.5. The number of nitrogens with zero attached hydrogens (tertiary/aromatic N) is 2. The van der Waals surface area contributed by atoms with Crippen molar-refractivity contribution in [3.8, 4) is 5.75 Å². The molecule has 0 atom stereocenters. The fourth-order valence-corrected chi connectivity index (χ4v) is 2.93. The summed E-state index contributed by atoms with van der Waals surface area (Å²) in [5.41, 5.74) is 2.93. The molecule has 0 aromatic heterocycles. The van der Waals surface area contributed by atoms with Crippen LogP contribution in [0, 0.1) is 0 Å². The van der Waals surface area contributed by atoms with E-state index in [0.29, 0.717) is 5.96 Å². The Hall–Kier alpha value is -3.28. The van der Waals surface area contributed by atoms with Crippen LogP contribution in [0.2, 0.25) is 0 Å². The summed E-state index contributed by atoms with van der Waals surface area (Å²) in [6, 6.07) is 16.9. The normalized spacial score (nSPS) is 12.9. The lowest BCUT2D eigenvalue weighted by Crippen LogP contribution is -2.35. The smallest absolute Gasteiger partial charge is 0.207 e. The van der Waals surface area contributed by atoms with Crippen LogP contribution in [0.4, 0.5) is 11.4 Å². The Balaban J connectivity index is 2.26. The van der Waals surface area contributed by atoms with E-state index in [1.165, 1.54) is 19.3 Å². The SMILES string of the molecule is CCCCCCN=C(C)N/C(=N\C(Nc1ccccc1)=C(/C)CC)Nc1ccc(O)cc1. The van der Waals surface area contributed by atoms with Gasteiger partial charge < -0.3 is 21.1 Å². The number of allylic oxidation sites excluding steroid dienone is 1. The molecule has 0 spiro atoms. The van der Waals surface area contributed by atoms with Crippen molar-refractivity contribution in [2.75, 3.05) is 17.2 Å². The Kier molecular flexibility index (Phi) is 10.9. The third-order valence-corrected chi connectivity index (χ3v) is 4.98. The molecule has 0 heterocycles. The number of benzene rings is 2. The third kappa shape index (κ3) is 9.25. The molecule has 4 N–H and O–H groups in total. The lowest BCUT2D eigenvalue weighted by molar-refractivity contribution is 0.475. The van der Waals surface area contributed by atoms with E-state index in [1.54, 1.807) is 12.1 Å². The van der Waals surface area contributed by atoms with Gasteiger partial charge in [-0.05, 0) is 68.7 Å². The second-order valence-electron chi connectivity index (χ2n) is 7.76. The van der Waals surface area contributed by atoms with Gasteiger partial charge in [-0.2, -0.15) is 4.99 Å². The molecule has 0 saturated carbocycles. The zero-order chi connectivity index (χ0) is 23.2. The number of anilines is 2. The van der Waals surface area contributed by atoms with Gasteiger partial charge in [-0.15, -0.1) is 0 Å². The predicted octanol–water partition coefficient (Wildman–Crippen LogP) is 6.50. The van der Waals surface area contributed by atoms with Gasteiger partial charge in [0.25, 0.3) is 0 Å². The predicted molar refractivity (Wildman–Crippen MR) is 137 cm³/mol. The average Bonchev–Trinajstić information content (AvgIpc) is 2.80. The first-order valence-electron chi connectivity index (χ1n) is 11.5. The zero-order valence-electron chi connectivity index (χ0n) is 19.8. The number of phenolic OH excluding ortho intramolecular Hbond substituents is 1. The Bertz CT molecular complexity index is 902. The highest BCUT2D eigenvalue weighted by Gasteiger charge is 2.07. The standard InChI is InChI=1S/C26H37N5O/c1-5-7-8-12-19-27-21(4)28-26(30-23-15-17-24(32)18-16-23)31-25(20(3)6-2)29-22-13-10-9-11-14-22/h9-11,13-18,29,32H,5-8,12,19H2,1-4H3,(H2,27,28,30,31)/b25-20+. The minimum Gasteiger partial charge on any atom is -0.508 e. The van der Waals surface area contributed by atoms with Gasteiger partial charge in [-0.3, -0.25) is 4.99 Å². The average molecular weight is 436 g/mol. The number of hydrogen-bond donors (Lipinski definition) is 4. The summed E-state index contributed by atoms with van der Waals surface area (Å²) in [7, 11) is 0. The van der Waals surface area contributed by atoms with Crippen LogP contribution in [-0.2, 0) is 0 Å². The summed E-state index contributed by atoms with van der Waals surface area (Å²) in [6.07, 6.45) is 5.61. The van der Waals surface area contributed by atoms with Crippen molar-refractivity contribution in [2.45, 2.75) is 59.8 Å². The van der Waals surface area contributed by atoms with Gasteiger partial charge in [-0.25, -0.2) is 0 Å². The number of nitrogens with one attached hydrogen (secondary N) is 3. The van der Waals surface area contributed by atoms with E-state index in [1.807, 2.05) is 49.4 Å². The fourth-order valence-electron chi connectivity index (χ4n) is 2.93. The largest absolute Gasteiger partial charge is 0.508 e. The van der Waals surface area contributed by atoms with Crippen molar-refractivity contribution in [3.63, 3.8) is 0 Å². The van der Waals surface area contributed by atoms with Crippen LogP contribution in [-0.4, -0.2) is 23.4 Å². The molecule has 0 aliphatic carbocycles. The van der Waals surface area contributed by atoms with E-state index >= 15 is 0 Å². The first-order chi connectivity index (χ1) is 15.5. The molecule has 0 aliphatic heterocycles. The molecule has 6 heteroatoms. The number of aliphatic imine (C=N–C) groups is 2. The minimum absolute atomic E-state index is 0.222. The van der Waals surface area contributed by atoms with Crippen LogP contribution in [0.3, 0.4) is 0 Å². The summed E-state index contributed by atoms with van der Waals surface area (Å²) in [5, 5.41) is 19.7. The van der Waals surface area contributed by atoms with E-state index in [9.17, 15) is 5.11 Å². The third-order valence-electron chi connectivity index (χ3n) is 4.98. The van der Waals surface area contributed by atoms with Crippen molar-refractivity contribution in [1.82, 2.24) is 5.32 Å². The van der Waals surface area contributed by atoms with Crippen LogP contribution >= 0.6 is 0 Å². The van der Waals surface area contributed by atoms with E-state index in [4.69, 9.17) is 4.99 Å². The maximum Gasteiger partial charge on any atom is 0.207 e. The van der Waals surface area contributed by atoms with Gasteiger partial charge in [0.05, 0.1) is 5.84 Å². The van der Waals surface area contributed by atoms with Gasteiger partial charge in [0, 0.05) is 17.9 Å². The maximum atomic E-state index is 9.60. The lowest BCUT2D eigenvalue weighted by Gasteiger charge is -2.16. The number of phenols is 1. The monoisotopic (exact) mass is 435 g/mol. The highest BCUT2D eigenvalue weighted by Crippen LogP contribution is 2.17. The molecule has 2 aromatic rings. The number of unbranched alkanes of at least 4 members (excludes halogenated alkanes) is 3. The van der Waals surface area contributed by atoms with Crippen LogP contribution in [0.25, 0.3) is 0 Å². The number of hydrogen-bond acceptors (Lipinski definition) is 4. The Morgan fingerprint density at radius 3 is 2.19 bits per heavy atom. The molecule has 0 bridgehead atoms. The molecule has 172 valence electrons. The van der Waals surface area contributed by atoms with Gasteiger partial charge in [0.15, 0.2) is 0 Å². The molecule has 0 aliphatic rings. The van der Waals surface area contributed by atoms with Crippen LogP contribution in [0.5, 0.6) is 5.75 Å². The highest BCUT2D eigenvalue weighted by molar-refractivity contribution is 6.05. The summed E-state index contributed by atoms with van der Waals surface area (Å²) in [5.74, 6) is 2.37. The molecule has 0 fully saturated rings. The summed E-state index contributed by atoms with van der Waals surface area (Å²) >= 11 is 0. The highest BCUT2D eigenvalue weighted by atomic mass is 16.3. The fraction of sp³-hybridized carbons (Fsp3) is 0.385. The number of amidine groups is 1. The second kappa shape index (κ2) is 13.9. The van der Waals surface area contributed by atoms with Crippen molar-refractivity contribution in [3.05, 3.63) is 66.0 Å². The number of guanidine groups is 1. The Labute approximate surface area is 192 Å². The molecule has 32 heavy (non-hydrogen) atoms. The molecule has 0 saturated heterocycles. The van der Waals surface area contributed by atoms with Crippen molar-refractivity contribution < 1.29 is 5.11 Å². The van der Waals surface area contributed by atoms with Gasteiger partial charge in [0.2, 0.25) is 5.96 Å². The molecule has 0 amide bonds. The van der Waals surface area contributed by atoms with Crippen LogP contribution in [0.1, 0.15) is 59.8 Å². The second-order valence-corrected chi connectivity index (χ2v) is 7.76. The molecule has 0 unspecified atom stereocenters. The molecule has 2 rings (SSSR count). The Morgan fingerprint density at radius 1 is 0.844 bits per heavy atom. The summed E-state index contributed by atoms with van der Waals surface area (Å²) in [6.45, 7) is 9.14. The van der Waals surface area contributed by atoms with Gasteiger partial charge >= 0.3 is 0 Å². The van der Waals surface area contributed by atoms with Crippen LogP contribution < -0.4 is 16.0 Å². The maximum absolute atomic E-state index is 9.60.